The molecule has 1 amide bonds. The Kier molecular flexibility index (Phi) is 4.20. The number of benzene rings is 1. The van der Waals surface area contributed by atoms with Crippen molar-refractivity contribution in [1.29, 1.82) is 0 Å². The molecule has 3 aromatic rings. The van der Waals surface area contributed by atoms with E-state index in [0.29, 0.717) is 11.4 Å². The normalized spacial score (nSPS) is 10.4. The van der Waals surface area contributed by atoms with Gasteiger partial charge in [-0.2, -0.15) is 10.2 Å². The molecule has 0 radical (unpaired) electrons. The van der Waals surface area contributed by atoms with Crippen LogP contribution in [0.2, 0.25) is 0 Å². The van der Waals surface area contributed by atoms with Crippen LogP contribution in [0.15, 0.2) is 48.8 Å². The summed E-state index contributed by atoms with van der Waals surface area (Å²) in [5, 5.41) is 10.9. The molecule has 0 atom stereocenters. The van der Waals surface area contributed by atoms with Gasteiger partial charge in [0.05, 0.1) is 11.9 Å². The molecule has 1 aromatic carbocycles. The van der Waals surface area contributed by atoms with E-state index in [1.807, 2.05) is 37.3 Å². The molecule has 120 valence electrons. The van der Waals surface area contributed by atoms with Gasteiger partial charge in [0.2, 0.25) is 0 Å². The Bertz CT molecular complexity index is 907. The van der Waals surface area contributed by atoms with Crippen molar-refractivity contribution in [3.8, 4) is 22.4 Å². The molecular weight excluding hydrogens is 302 g/mol. The molecule has 6 nitrogen and oxygen atoms in total. The SMILES string of the molecule is CNC(=O)c1cc(-c2cnnc(-c3cc(N)ccc3C)c2)ccn1. The van der Waals surface area contributed by atoms with E-state index in [-0.39, 0.29) is 5.91 Å². The van der Waals surface area contributed by atoms with E-state index in [2.05, 4.69) is 20.5 Å². The van der Waals surface area contributed by atoms with E-state index in [1.54, 1.807) is 25.5 Å². The standard InChI is InChI=1S/C18H17N5O/c1-11-3-4-14(19)9-15(11)16-8-13(10-22-23-16)12-5-6-21-17(7-12)18(24)20-2/h3-10H,19H2,1-2H3,(H,20,24). The van der Waals surface area contributed by atoms with Gasteiger partial charge < -0.3 is 11.1 Å². The summed E-state index contributed by atoms with van der Waals surface area (Å²) in [5.74, 6) is -0.231. The summed E-state index contributed by atoms with van der Waals surface area (Å²) >= 11 is 0. The van der Waals surface area contributed by atoms with Gasteiger partial charge in [0, 0.05) is 30.1 Å². The highest BCUT2D eigenvalue weighted by atomic mass is 16.1. The number of nitrogens with one attached hydrogen (secondary N) is 1. The van der Waals surface area contributed by atoms with E-state index in [4.69, 9.17) is 5.73 Å². The third-order valence-electron chi connectivity index (χ3n) is 3.75. The number of hydrogen-bond donors (Lipinski definition) is 2. The molecule has 0 aliphatic rings. The maximum atomic E-state index is 11.8. The van der Waals surface area contributed by atoms with Gasteiger partial charge in [-0.15, -0.1) is 0 Å². The number of rotatable bonds is 3. The topological polar surface area (TPSA) is 93.8 Å². The number of nitrogens with zero attached hydrogens (tertiary/aromatic N) is 3. The lowest BCUT2D eigenvalue weighted by Crippen LogP contribution is -2.19. The van der Waals surface area contributed by atoms with Crippen LogP contribution in [0.5, 0.6) is 0 Å². The summed E-state index contributed by atoms with van der Waals surface area (Å²) in [4.78, 5) is 15.8. The van der Waals surface area contributed by atoms with E-state index in [9.17, 15) is 4.79 Å². The quantitative estimate of drug-likeness (QED) is 0.723. The Morgan fingerprint density at radius 3 is 2.75 bits per heavy atom. The summed E-state index contributed by atoms with van der Waals surface area (Å²) in [5.41, 5.74) is 11.3. The molecule has 0 unspecified atom stereocenters. The molecule has 0 saturated heterocycles. The highest BCUT2D eigenvalue weighted by Gasteiger charge is 2.10. The smallest absolute Gasteiger partial charge is 0.269 e. The van der Waals surface area contributed by atoms with E-state index < -0.39 is 0 Å². The van der Waals surface area contributed by atoms with Crippen molar-refractivity contribution in [3.05, 3.63) is 60.0 Å². The number of carbonyl (C=O) groups excluding carboxylic acids is 1. The predicted molar refractivity (Wildman–Crippen MR) is 93.2 cm³/mol. The highest BCUT2D eigenvalue weighted by molar-refractivity contribution is 5.93. The number of aromatic nitrogens is 3. The van der Waals surface area contributed by atoms with Crippen molar-refractivity contribution < 1.29 is 4.79 Å². The molecule has 0 spiro atoms. The average molecular weight is 319 g/mol. The Hall–Kier alpha value is -3.28. The summed E-state index contributed by atoms with van der Waals surface area (Å²) < 4.78 is 0. The predicted octanol–water partition coefficient (Wildman–Crippen LogP) is 2.46. The summed E-state index contributed by atoms with van der Waals surface area (Å²) in [6, 6.07) is 11.2. The fraction of sp³-hybridized carbons (Fsp3) is 0.111. The summed E-state index contributed by atoms with van der Waals surface area (Å²) in [6.45, 7) is 2.00. The second kappa shape index (κ2) is 6.45. The first-order valence-corrected chi connectivity index (χ1v) is 7.46. The minimum atomic E-state index is -0.231. The zero-order valence-electron chi connectivity index (χ0n) is 13.4. The van der Waals surface area contributed by atoms with Crippen molar-refractivity contribution in [2.75, 3.05) is 12.8 Å². The maximum Gasteiger partial charge on any atom is 0.269 e. The third kappa shape index (κ3) is 3.08. The minimum absolute atomic E-state index is 0.231. The fourth-order valence-corrected chi connectivity index (χ4v) is 2.43. The van der Waals surface area contributed by atoms with E-state index in [0.717, 1.165) is 27.9 Å². The molecule has 3 rings (SSSR count). The van der Waals surface area contributed by atoms with Crippen LogP contribution in [0.1, 0.15) is 16.1 Å². The van der Waals surface area contributed by atoms with Crippen LogP contribution in [0.25, 0.3) is 22.4 Å². The van der Waals surface area contributed by atoms with Gasteiger partial charge in [-0.05, 0) is 48.4 Å². The molecular formula is C18H17N5O. The highest BCUT2D eigenvalue weighted by Crippen LogP contribution is 2.27. The number of pyridine rings is 1. The fourth-order valence-electron chi connectivity index (χ4n) is 2.43. The number of aryl methyl sites for hydroxylation is 1. The van der Waals surface area contributed by atoms with Gasteiger partial charge in [-0.25, -0.2) is 0 Å². The maximum absolute atomic E-state index is 11.8. The first-order valence-electron chi connectivity index (χ1n) is 7.46. The zero-order chi connectivity index (χ0) is 17.1. The molecule has 0 aliphatic heterocycles. The minimum Gasteiger partial charge on any atom is -0.399 e. The average Bonchev–Trinajstić information content (AvgIpc) is 2.63. The van der Waals surface area contributed by atoms with Crippen LogP contribution >= 0.6 is 0 Å². The Labute approximate surface area is 139 Å². The molecule has 0 bridgehead atoms. The summed E-state index contributed by atoms with van der Waals surface area (Å²) in [6.07, 6.45) is 3.26. The Morgan fingerprint density at radius 1 is 1.12 bits per heavy atom. The monoisotopic (exact) mass is 319 g/mol. The molecule has 6 heteroatoms. The third-order valence-corrected chi connectivity index (χ3v) is 3.75. The molecule has 3 N–H and O–H groups in total. The van der Waals surface area contributed by atoms with Crippen LogP contribution in [0, 0.1) is 6.92 Å². The second-order valence-corrected chi connectivity index (χ2v) is 5.41. The lowest BCUT2D eigenvalue weighted by molar-refractivity contribution is 0.0958. The Morgan fingerprint density at radius 2 is 1.96 bits per heavy atom. The lowest BCUT2D eigenvalue weighted by Gasteiger charge is -2.08. The van der Waals surface area contributed by atoms with Crippen LogP contribution in [0.4, 0.5) is 5.69 Å². The number of nitrogens with two attached hydrogens (primary N) is 1. The van der Waals surface area contributed by atoms with Crippen LogP contribution < -0.4 is 11.1 Å². The second-order valence-electron chi connectivity index (χ2n) is 5.41. The van der Waals surface area contributed by atoms with Crippen LogP contribution in [0.3, 0.4) is 0 Å². The lowest BCUT2D eigenvalue weighted by atomic mass is 10.0. The number of carbonyl (C=O) groups is 1. The molecule has 2 heterocycles. The Balaban J connectivity index is 2.05. The molecule has 2 aromatic heterocycles. The first-order chi connectivity index (χ1) is 11.6. The summed E-state index contributed by atoms with van der Waals surface area (Å²) in [7, 11) is 1.57. The van der Waals surface area contributed by atoms with Crippen molar-refractivity contribution in [1.82, 2.24) is 20.5 Å². The van der Waals surface area contributed by atoms with Gasteiger partial charge in [-0.3, -0.25) is 9.78 Å². The van der Waals surface area contributed by atoms with Crippen LogP contribution in [-0.4, -0.2) is 28.1 Å². The molecule has 0 fully saturated rings. The molecule has 24 heavy (non-hydrogen) atoms. The van der Waals surface area contributed by atoms with Gasteiger partial charge in [0.15, 0.2) is 0 Å². The van der Waals surface area contributed by atoms with E-state index in [1.165, 1.54) is 0 Å². The largest absolute Gasteiger partial charge is 0.399 e. The zero-order valence-corrected chi connectivity index (χ0v) is 13.4. The van der Waals surface area contributed by atoms with Gasteiger partial charge in [0.25, 0.3) is 5.91 Å². The molecule has 0 aliphatic carbocycles. The van der Waals surface area contributed by atoms with Crippen molar-refractivity contribution >= 4 is 11.6 Å². The van der Waals surface area contributed by atoms with Gasteiger partial charge in [-0.1, -0.05) is 6.07 Å². The van der Waals surface area contributed by atoms with Crippen molar-refractivity contribution in [2.45, 2.75) is 6.92 Å². The van der Waals surface area contributed by atoms with Gasteiger partial charge >= 0.3 is 0 Å². The number of hydrogen-bond acceptors (Lipinski definition) is 5. The van der Waals surface area contributed by atoms with Crippen molar-refractivity contribution in [3.63, 3.8) is 0 Å². The number of amides is 1. The van der Waals surface area contributed by atoms with Gasteiger partial charge in [0.1, 0.15) is 5.69 Å². The van der Waals surface area contributed by atoms with Crippen LogP contribution in [-0.2, 0) is 0 Å². The van der Waals surface area contributed by atoms with E-state index >= 15 is 0 Å². The number of nitrogen functional groups attached to an aromatic ring is 1. The van der Waals surface area contributed by atoms with Crippen molar-refractivity contribution in [2.24, 2.45) is 0 Å². The number of anilines is 1. The molecule has 0 saturated carbocycles. The first kappa shape index (κ1) is 15.6.